The average Bonchev–Trinajstić information content (AvgIpc) is 0.975. The zero-order valence-electron chi connectivity index (χ0n) is 49.2. The van der Waals surface area contributed by atoms with Crippen molar-refractivity contribution in [3.05, 3.63) is 218 Å². The minimum atomic E-state index is -0.461. The molecule has 464 valence electrons. The highest BCUT2D eigenvalue weighted by molar-refractivity contribution is 8.00. The standard InChI is InChI=1S/C25H24ClN5O2S.C25H22ClN5OS.C18H11Cl2N3OS/c1-2-10-30-11-13-31(14-12-30)25-28-16-22(34-21-8-6-19(7-9-21)23(27)32)24(29-25)33-17-18-4-3-5-20(26)15-18;1-2-10-30-11-13-31(14-12-30)25-28-17-23(33-22-8-6-19(16-27)7-9-22)24(29-25)32-18-20-4-3-5-21(26)15-20;19-14-3-1-2-13(8-14)11-24-17-16(10-22-18(20)23-17)25-15-6-4-12(9-21)5-7-15/h1,3-9,15-16H,10-14,17H2,(H2,27,32);1,3-9,15,17H,10-14,18H2;1-8,10H,11H2. The molecule has 92 heavy (non-hydrogen) atoms. The minimum Gasteiger partial charge on any atom is -0.472 e. The smallest absolute Gasteiger partial charge is 0.248 e. The van der Waals surface area contributed by atoms with Crippen LogP contribution in [0.2, 0.25) is 20.4 Å². The molecule has 2 aliphatic heterocycles. The fourth-order valence-corrected chi connectivity index (χ4v) is 12.2. The number of hydrogen-bond acceptors (Lipinski definition) is 19. The van der Waals surface area contributed by atoms with Gasteiger partial charge < -0.3 is 29.7 Å². The Morgan fingerprint density at radius 1 is 0.489 bits per heavy atom. The number of anilines is 2. The van der Waals surface area contributed by atoms with Crippen molar-refractivity contribution in [3.63, 3.8) is 0 Å². The fourth-order valence-electron chi connectivity index (χ4n) is 8.92. The molecule has 11 rings (SSSR count). The third-order valence-electron chi connectivity index (χ3n) is 13.6. The summed E-state index contributed by atoms with van der Waals surface area (Å²) < 4.78 is 18.1. The Kier molecular flexibility index (Phi) is 25.5. The highest BCUT2D eigenvalue weighted by atomic mass is 35.5. The molecule has 0 saturated carbocycles. The number of piperazine rings is 2. The number of terminal acetylenes is 2. The lowest BCUT2D eigenvalue weighted by Crippen LogP contribution is -2.47. The molecule has 0 radical (unpaired) electrons. The molecule has 2 fully saturated rings. The van der Waals surface area contributed by atoms with Gasteiger partial charge in [-0.2, -0.15) is 25.5 Å². The molecule has 0 aliphatic carbocycles. The molecule has 2 aliphatic rings. The fraction of sp³-hybridized carbons (Fsp3) is 0.191. The molecule has 24 heteroatoms. The highest BCUT2D eigenvalue weighted by Gasteiger charge is 2.23. The van der Waals surface area contributed by atoms with Gasteiger partial charge in [0.25, 0.3) is 0 Å². The number of hydrogen-bond donors (Lipinski definition) is 1. The quantitative estimate of drug-likeness (QED) is 0.0555. The number of rotatable bonds is 20. The van der Waals surface area contributed by atoms with Gasteiger partial charge in [-0.25, -0.2) is 15.0 Å². The van der Waals surface area contributed by atoms with Crippen molar-refractivity contribution in [1.82, 2.24) is 39.7 Å². The lowest BCUT2D eigenvalue weighted by Gasteiger charge is -2.33. The summed E-state index contributed by atoms with van der Waals surface area (Å²) in [5, 5.41) is 20.0. The van der Waals surface area contributed by atoms with E-state index in [0.29, 0.717) is 94.2 Å². The number of nitriles is 2. The molecule has 0 atom stereocenters. The number of halogens is 4. The van der Waals surface area contributed by atoms with Gasteiger partial charge >= 0.3 is 0 Å². The van der Waals surface area contributed by atoms with Gasteiger partial charge in [0.1, 0.15) is 19.8 Å². The summed E-state index contributed by atoms with van der Waals surface area (Å²) in [7, 11) is 0. The number of carbonyl (C=O) groups excluding carboxylic acids is 1. The SMILES string of the molecule is C#CCN1CCN(c2ncc(Sc3ccc(C#N)cc3)c(OCc3cccc(Cl)c3)n2)CC1.C#CCN1CCN(c2ncc(Sc3ccc(C(N)=O)cc3)c(OCc3cccc(Cl)c3)n2)CC1.N#Cc1ccc(Sc2cnc(Cl)nc2OCc2cccc(Cl)c2)cc1. The van der Waals surface area contributed by atoms with Crippen LogP contribution in [0.4, 0.5) is 11.9 Å². The minimum absolute atomic E-state index is 0.116. The summed E-state index contributed by atoms with van der Waals surface area (Å²) in [5.41, 5.74) is 9.85. The molecule has 3 aromatic heterocycles. The van der Waals surface area contributed by atoms with Crippen LogP contribution in [0.3, 0.4) is 0 Å². The molecule has 1 amide bonds. The Balaban J connectivity index is 0.000000165. The van der Waals surface area contributed by atoms with E-state index in [2.05, 4.69) is 63.5 Å². The molecule has 2 N–H and O–H groups in total. The van der Waals surface area contributed by atoms with Crippen LogP contribution >= 0.6 is 81.7 Å². The number of carbonyl (C=O) groups is 1. The number of ether oxygens (including phenoxy) is 3. The largest absolute Gasteiger partial charge is 0.472 e. The van der Waals surface area contributed by atoms with Crippen LogP contribution in [0.1, 0.15) is 38.2 Å². The van der Waals surface area contributed by atoms with Crippen LogP contribution in [0.5, 0.6) is 17.6 Å². The molecule has 0 spiro atoms. The lowest BCUT2D eigenvalue weighted by molar-refractivity contribution is 0.1000. The van der Waals surface area contributed by atoms with E-state index < -0.39 is 5.91 Å². The van der Waals surface area contributed by atoms with Crippen molar-refractivity contribution in [1.29, 1.82) is 10.5 Å². The van der Waals surface area contributed by atoms with Crippen LogP contribution in [0.15, 0.2) is 194 Å². The molecule has 9 aromatic rings. The third kappa shape index (κ3) is 20.6. The maximum Gasteiger partial charge on any atom is 0.248 e. The topological polar surface area (TPSA) is 209 Å². The molecule has 6 aromatic carbocycles. The Labute approximate surface area is 567 Å². The van der Waals surface area contributed by atoms with Gasteiger partial charge in [0.05, 0.1) is 63.4 Å². The van der Waals surface area contributed by atoms with E-state index in [1.54, 1.807) is 61.1 Å². The van der Waals surface area contributed by atoms with Crippen LogP contribution in [-0.2, 0) is 19.8 Å². The van der Waals surface area contributed by atoms with E-state index in [1.807, 2.05) is 103 Å². The van der Waals surface area contributed by atoms with Gasteiger partial charge in [-0.15, -0.1) is 12.8 Å². The zero-order valence-corrected chi connectivity index (χ0v) is 54.7. The first-order chi connectivity index (χ1) is 44.8. The molecular formula is C68H57Cl4N13O4S3. The summed E-state index contributed by atoms with van der Waals surface area (Å²) in [4.78, 5) is 52.2. The zero-order chi connectivity index (χ0) is 64.6. The first kappa shape index (κ1) is 67.6. The van der Waals surface area contributed by atoms with E-state index in [1.165, 1.54) is 35.3 Å². The van der Waals surface area contributed by atoms with Crippen molar-refractivity contribution in [3.8, 4) is 54.5 Å². The van der Waals surface area contributed by atoms with Crippen molar-refractivity contribution < 1.29 is 19.0 Å². The van der Waals surface area contributed by atoms with Gasteiger partial charge in [0.15, 0.2) is 0 Å². The third-order valence-corrected chi connectivity index (χ3v) is 17.5. The van der Waals surface area contributed by atoms with Crippen LogP contribution in [0.25, 0.3) is 0 Å². The van der Waals surface area contributed by atoms with Crippen molar-refractivity contribution >= 4 is 99.5 Å². The molecule has 5 heterocycles. The van der Waals surface area contributed by atoms with Gasteiger partial charge in [-0.3, -0.25) is 14.6 Å². The summed E-state index contributed by atoms with van der Waals surface area (Å²) in [6.45, 7) is 8.91. The van der Waals surface area contributed by atoms with Gasteiger partial charge in [-0.05, 0) is 137 Å². The van der Waals surface area contributed by atoms with Crippen LogP contribution in [-0.4, -0.2) is 111 Å². The van der Waals surface area contributed by atoms with E-state index in [4.69, 9.17) is 99.7 Å². The van der Waals surface area contributed by atoms with Crippen molar-refractivity contribution in [2.24, 2.45) is 5.73 Å². The maximum absolute atomic E-state index is 11.4. The average molecular weight is 1360 g/mol. The number of nitrogens with zero attached hydrogens (tertiary/aromatic N) is 12. The van der Waals surface area contributed by atoms with E-state index in [9.17, 15) is 4.79 Å². The van der Waals surface area contributed by atoms with Gasteiger partial charge in [0, 0.05) is 93.9 Å². The highest BCUT2D eigenvalue weighted by Crippen LogP contribution is 2.38. The van der Waals surface area contributed by atoms with Crippen LogP contribution in [0, 0.1) is 47.3 Å². The normalized spacial score (nSPS) is 12.9. The maximum atomic E-state index is 11.4. The van der Waals surface area contributed by atoms with Gasteiger partial charge in [0.2, 0.25) is 40.7 Å². The summed E-state index contributed by atoms with van der Waals surface area (Å²) in [6.07, 6.45) is 16.1. The molecule has 17 nitrogen and oxygen atoms in total. The Morgan fingerprint density at radius 2 is 0.837 bits per heavy atom. The molecule has 2 saturated heterocycles. The number of nitrogens with two attached hydrogens (primary N) is 1. The second kappa shape index (κ2) is 34.6. The number of aromatic nitrogens is 6. The predicted molar refractivity (Wildman–Crippen MR) is 363 cm³/mol. The second-order valence-electron chi connectivity index (χ2n) is 20.1. The first-order valence-corrected chi connectivity index (χ1v) is 32.4. The first-order valence-electron chi connectivity index (χ1n) is 28.4. The van der Waals surface area contributed by atoms with Crippen LogP contribution < -0.4 is 29.7 Å². The second-order valence-corrected chi connectivity index (χ2v) is 25.1. The van der Waals surface area contributed by atoms with E-state index >= 15 is 0 Å². The monoisotopic (exact) mass is 1360 g/mol. The Bertz CT molecular complexity index is 4140. The van der Waals surface area contributed by atoms with E-state index in [0.717, 1.165) is 98.4 Å². The summed E-state index contributed by atoms with van der Waals surface area (Å²) in [5.74, 6) is 7.59. The Morgan fingerprint density at radius 3 is 1.17 bits per heavy atom. The molecular weight excluding hydrogens is 1300 g/mol. The Hall–Kier alpha value is -8.74. The predicted octanol–water partition coefficient (Wildman–Crippen LogP) is 13.6. The number of benzene rings is 6. The molecule has 0 unspecified atom stereocenters. The molecule has 0 bridgehead atoms. The summed E-state index contributed by atoms with van der Waals surface area (Å²) in [6, 6.07) is 48.4. The van der Waals surface area contributed by atoms with Gasteiger partial charge in [-0.1, -0.05) is 118 Å². The van der Waals surface area contributed by atoms with E-state index in [-0.39, 0.29) is 5.28 Å². The van der Waals surface area contributed by atoms with Crippen molar-refractivity contribution in [2.75, 3.05) is 75.2 Å². The summed E-state index contributed by atoms with van der Waals surface area (Å²) >= 11 is 28.5. The van der Waals surface area contributed by atoms with Crippen molar-refractivity contribution in [2.45, 2.75) is 49.2 Å². The number of primary amides is 1. The number of amides is 1. The lowest BCUT2D eigenvalue weighted by atomic mass is 10.2.